The van der Waals surface area contributed by atoms with E-state index in [-0.39, 0.29) is 5.97 Å². The Morgan fingerprint density at radius 1 is 1.39 bits per heavy atom. The van der Waals surface area contributed by atoms with Crippen LogP contribution in [0.1, 0.15) is 19.3 Å². The lowest BCUT2D eigenvalue weighted by molar-refractivity contribution is -0.148. The number of methoxy groups -OCH3 is 2. The third-order valence-electron chi connectivity index (χ3n) is 4.13. The van der Waals surface area contributed by atoms with Gasteiger partial charge in [0.25, 0.3) is 0 Å². The number of nitrogens with two attached hydrogens (primary N) is 1. The van der Waals surface area contributed by atoms with Crippen molar-refractivity contribution in [2.24, 2.45) is 17.6 Å². The van der Waals surface area contributed by atoms with E-state index in [1.54, 1.807) is 7.11 Å². The summed E-state index contributed by atoms with van der Waals surface area (Å²) < 4.78 is 10.1. The molecular weight excluding hydrogens is 232 g/mol. The van der Waals surface area contributed by atoms with Gasteiger partial charge in [0, 0.05) is 20.2 Å². The Bertz CT molecular complexity index is 307. The predicted molar refractivity (Wildman–Crippen MR) is 68.1 cm³/mol. The van der Waals surface area contributed by atoms with Crippen LogP contribution >= 0.6 is 0 Å². The van der Waals surface area contributed by atoms with Gasteiger partial charge in [-0.25, -0.2) is 0 Å². The molecule has 2 fully saturated rings. The fourth-order valence-electron chi connectivity index (χ4n) is 2.95. The molecule has 0 spiro atoms. The van der Waals surface area contributed by atoms with Crippen LogP contribution in [0.3, 0.4) is 0 Å². The summed E-state index contributed by atoms with van der Waals surface area (Å²) in [6.45, 7) is 3.37. The van der Waals surface area contributed by atoms with Crippen LogP contribution in [0.5, 0.6) is 0 Å². The SMILES string of the molecule is COCC1CCN(CC(N)(C(=O)OC)C2CC2)C1. The molecule has 0 aromatic heterocycles. The maximum Gasteiger partial charge on any atom is 0.327 e. The van der Waals surface area contributed by atoms with Gasteiger partial charge in [-0.05, 0) is 37.6 Å². The molecule has 2 N–H and O–H groups in total. The molecular formula is C13H24N2O3. The standard InChI is InChI=1S/C13H24N2O3/c1-17-8-10-5-6-15(7-10)9-13(14,11-3-4-11)12(16)18-2/h10-11H,3-9,14H2,1-2H3. The largest absolute Gasteiger partial charge is 0.468 e. The van der Waals surface area contributed by atoms with Crippen LogP contribution in [0.2, 0.25) is 0 Å². The maximum atomic E-state index is 11.9. The van der Waals surface area contributed by atoms with Crippen molar-refractivity contribution in [1.82, 2.24) is 4.90 Å². The number of carbonyl (C=O) groups excluding carboxylic acids is 1. The molecule has 2 atom stereocenters. The summed E-state index contributed by atoms with van der Waals surface area (Å²) >= 11 is 0. The molecule has 2 rings (SSSR count). The Morgan fingerprint density at radius 3 is 2.67 bits per heavy atom. The topological polar surface area (TPSA) is 64.8 Å². The number of esters is 1. The Balaban J connectivity index is 1.92. The van der Waals surface area contributed by atoms with E-state index in [2.05, 4.69) is 4.90 Å². The molecule has 0 aromatic rings. The van der Waals surface area contributed by atoms with E-state index in [1.165, 1.54) is 7.11 Å². The van der Waals surface area contributed by atoms with E-state index in [0.717, 1.165) is 39.0 Å². The van der Waals surface area contributed by atoms with Crippen molar-refractivity contribution in [3.63, 3.8) is 0 Å². The summed E-state index contributed by atoms with van der Waals surface area (Å²) in [6.07, 6.45) is 3.21. The van der Waals surface area contributed by atoms with Crippen LogP contribution in [0.4, 0.5) is 0 Å². The van der Waals surface area contributed by atoms with E-state index in [1.807, 2.05) is 0 Å². The fourth-order valence-corrected chi connectivity index (χ4v) is 2.95. The average Bonchev–Trinajstić information content (AvgIpc) is 3.13. The fraction of sp³-hybridized carbons (Fsp3) is 0.923. The van der Waals surface area contributed by atoms with Gasteiger partial charge in [0.1, 0.15) is 5.54 Å². The zero-order valence-corrected chi connectivity index (χ0v) is 11.4. The van der Waals surface area contributed by atoms with Gasteiger partial charge in [0.15, 0.2) is 0 Å². The molecule has 0 amide bonds. The van der Waals surface area contributed by atoms with Crippen LogP contribution in [-0.2, 0) is 14.3 Å². The molecule has 5 nitrogen and oxygen atoms in total. The number of hydrogen-bond donors (Lipinski definition) is 1. The molecule has 2 unspecified atom stereocenters. The Kier molecular flexibility index (Phi) is 4.25. The highest BCUT2D eigenvalue weighted by Gasteiger charge is 2.50. The van der Waals surface area contributed by atoms with Crippen LogP contribution in [0, 0.1) is 11.8 Å². The summed E-state index contributed by atoms with van der Waals surface area (Å²) in [6, 6.07) is 0. The molecule has 1 saturated carbocycles. The van der Waals surface area contributed by atoms with Gasteiger partial charge in [-0.2, -0.15) is 0 Å². The van der Waals surface area contributed by atoms with Gasteiger partial charge in [0.2, 0.25) is 0 Å². The van der Waals surface area contributed by atoms with Gasteiger partial charge in [-0.3, -0.25) is 4.79 Å². The number of ether oxygens (including phenoxy) is 2. The van der Waals surface area contributed by atoms with E-state index in [0.29, 0.717) is 18.4 Å². The highest BCUT2D eigenvalue weighted by molar-refractivity contribution is 5.81. The minimum Gasteiger partial charge on any atom is -0.468 e. The second-order valence-corrected chi connectivity index (χ2v) is 5.65. The Labute approximate surface area is 109 Å². The average molecular weight is 256 g/mol. The minimum atomic E-state index is -0.809. The first-order valence-electron chi connectivity index (χ1n) is 6.68. The van der Waals surface area contributed by atoms with Gasteiger partial charge < -0.3 is 20.1 Å². The van der Waals surface area contributed by atoms with Gasteiger partial charge in [0.05, 0.1) is 13.7 Å². The number of carbonyl (C=O) groups is 1. The second kappa shape index (κ2) is 5.55. The van der Waals surface area contributed by atoms with Crippen molar-refractivity contribution in [1.29, 1.82) is 0 Å². The van der Waals surface area contributed by atoms with Crippen LogP contribution in [-0.4, -0.2) is 56.9 Å². The van der Waals surface area contributed by atoms with E-state index in [9.17, 15) is 4.79 Å². The van der Waals surface area contributed by atoms with Crippen molar-refractivity contribution in [3.05, 3.63) is 0 Å². The van der Waals surface area contributed by atoms with E-state index in [4.69, 9.17) is 15.2 Å². The smallest absolute Gasteiger partial charge is 0.327 e. The molecule has 5 heteroatoms. The summed E-state index contributed by atoms with van der Waals surface area (Å²) in [5.74, 6) is 0.600. The zero-order valence-electron chi connectivity index (χ0n) is 11.4. The Hall–Kier alpha value is -0.650. The lowest BCUT2D eigenvalue weighted by Crippen LogP contribution is -2.58. The molecule has 0 radical (unpaired) electrons. The number of hydrogen-bond acceptors (Lipinski definition) is 5. The molecule has 0 bridgehead atoms. The predicted octanol–water partition coefficient (Wildman–Crippen LogP) is 0.235. The molecule has 2 aliphatic rings. The van der Waals surface area contributed by atoms with Crippen molar-refractivity contribution in [2.75, 3.05) is 40.5 Å². The van der Waals surface area contributed by atoms with E-state index >= 15 is 0 Å². The third kappa shape index (κ3) is 2.84. The molecule has 1 aliphatic carbocycles. The summed E-state index contributed by atoms with van der Waals surface area (Å²) in [7, 11) is 3.15. The normalized spacial score (nSPS) is 28.1. The van der Waals surface area contributed by atoms with Gasteiger partial charge >= 0.3 is 5.97 Å². The highest BCUT2D eigenvalue weighted by Crippen LogP contribution is 2.40. The summed E-state index contributed by atoms with van der Waals surface area (Å²) in [5.41, 5.74) is 5.50. The molecule has 1 heterocycles. The molecule has 1 aliphatic heterocycles. The van der Waals surface area contributed by atoms with Crippen LogP contribution in [0.15, 0.2) is 0 Å². The lowest BCUT2D eigenvalue weighted by Gasteiger charge is -2.31. The molecule has 1 saturated heterocycles. The first kappa shape index (κ1) is 13.8. The maximum absolute atomic E-state index is 11.9. The quantitative estimate of drug-likeness (QED) is 0.689. The third-order valence-corrected chi connectivity index (χ3v) is 4.13. The molecule has 0 aromatic carbocycles. The lowest BCUT2D eigenvalue weighted by atomic mass is 9.94. The summed E-state index contributed by atoms with van der Waals surface area (Å²) in [4.78, 5) is 14.2. The van der Waals surface area contributed by atoms with Crippen molar-refractivity contribution in [2.45, 2.75) is 24.8 Å². The van der Waals surface area contributed by atoms with Gasteiger partial charge in [-0.15, -0.1) is 0 Å². The van der Waals surface area contributed by atoms with Crippen LogP contribution in [0.25, 0.3) is 0 Å². The summed E-state index contributed by atoms with van der Waals surface area (Å²) in [5, 5.41) is 0. The number of rotatable bonds is 6. The van der Waals surface area contributed by atoms with Crippen molar-refractivity contribution < 1.29 is 14.3 Å². The highest BCUT2D eigenvalue weighted by atomic mass is 16.5. The van der Waals surface area contributed by atoms with Crippen molar-refractivity contribution >= 4 is 5.97 Å². The number of nitrogens with zero attached hydrogens (tertiary/aromatic N) is 1. The first-order chi connectivity index (χ1) is 8.60. The number of likely N-dealkylation sites (tertiary alicyclic amines) is 1. The van der Waals surface area contributed by atoms with E-state index < -0.39 is 5.54 Å². The minimum absolute atomic E-state index is 0.264. The Morgan fingerprint density at radius 2 is 2.11 bits per heavy atom. The van der Waals surface area contributed by atoms with Crippen molar-refractivity contribution in [3.8, 4) is 0 Å². The van der Waals surface area contributed by atoms with Gasteiger partial charge in [-0.1, -0.05) is 0 Å². The monoisotopic (exact) mass is 256 g/mol. The first-order valence-corrected chi connectivity index (χ1v) is 6.68. The zero-order chi connectivity index (χ0) is 13.2. The molecule has 104 valence electrons. The van der Waals surface area contributed by atoms with Crippen LogP contribution < -0.4 is 5.73 Å². The molecule has 18 heavy (non-hydrogen) atoms. The second-order valence-electron chi connectivity index (χ2n) is 5.65.